The minimum absolute atomic E-state index is 0.289. The number of likely N-dealkylation sites (tertiary alicyclic amines) is 1. The van der Waals surface area contributed by atoms with Gasteiger partial charge in [-0.25, -0.2) is 4.79 Å². The van der Waals surface area contributed by atoms with Gasteiger partial charge in [0.15, 0.2) is 0 Å². The van der Waals surface area contributed by atoms with Crippen molar-refractivity contribution in [2.24, 2.45) is 5.41 Å². The van der Waals surface area contributed by atoms with Crippen molar-refractivity contribution in [2.75, 3.05) is 26.2 Å². The first-order valence-corrected chi connectivity index (χ1v) is 7.77. The normalized spacial score (nSPS) is 17.8. The molecule has 0 unspecified atom stereocenters. The van der Waals surface area contributed by atoms with Gasteiger partial charge in [-0.3, -0.25) is 4.90 Å². The Morgan fingerprint density at radius 2 is 1.95 bits per heavy atom. The van der Waals surface area contributed by atoms with E-state index in [1.165, 1.54) is 25.8 Å². The molecule has 0 spiro atoms. The monoisotopic (exact) mass is 291 g/mol. The summed E-state index contributed by atoms with van der Waals surface area (Å²) in [5.74, 6) is -0.175. The van der Waals surface area contributed by atoms with Crippen molar-refractivity contribution in [3.63, 3.8) is 0 Å². The number of aromatic carboxylic acids is 1. The molecule has 1 fully saturated rings. The highest BCUT2D eigenvalue weighted by molar-refractivity contribution is 5.87. The summed E-state index contributed by atoms with van der Waals surface area (Å²) in [4.78, 5) is 13.2. The maximum absolute atomic E-state index is 10.8. The number of benzene rings is 1. The van der Waals surface area contributed by atoms with E-state index in [9.17, 15) is 4.79 Å². The van der Waals surface area contributed by atoms with Crippen LogP contribution >= 0.6 is 0 Å². The second kappa shape index (κ2) is 6.94. The quantitative estimate of drug-likeness (QED) is 0.837. The first-order valence-electron chi connectivity index (χ1n) is 7.77. The molecule has 0 amide bonds. The Bertz CT molecular complexity index is 465. The Morgan fingerprint density at radius 1 is 1.29 bits per heavy atom. The fourth-order valence-corrected chi connectivity index (χ4v) is 3.03. The standard InChI is InChI=1S/C17H25NO3/c1-3-17(4-2)9-10-18(13-17)11-12-21-15-7-5-14(6-8-15)16(19)20/h5-8H,3-4,9-13H2,1-2H3,(H,19,20). The van der Waals surface area contributed by atoms with E-state index >= 15 is 0 Å². The van der Waals surface area contributed by atoms with Crippen LogP contribution in [-0.2, 0) is 0 Å². The molecule has 1 heterocycles. The van der Waals surface area contributed by atoms with Crippen molar-refractivity contribution >= 4 is 5.97 Å². The third kappa shape index (κ3) is 3.97. The fraction of sp³-hybridized carbons (Fsp3) is 0.588. The van der Waals surface area contributed by atoms with Crippen molar-refractivity contribution in [3.05, 3.63) is 29.8 Å². The number of carboxylic acids is 1. The van der Waals surface area contributed by atoms with E-state index in [2.05, 4.69) is 18.7 Å². The van der Waals surface area contributed by atoms with Gasteiger partial charge < -0.3 is 9.84 Å². The van der Waals surface area contributed by atoms with Crippen LogP contribution < -0.4 is 4.74 Å². The summed E-state index contributed by atoms with van der Waals surface area (Å²) in [5.41, 5.74) is 0.793. The Kier molecular flexibility index (Phi) is 5.23. The zero-order valence-corrected chi connectivity index (χ0v) is 13.0. The van der Waals surface area contributed by atoms with E-state index in [1.54, 1.807) is 24.3 Å². The number of carbonyl (C=O) groups is 1. The van der Waals surface area contributed by atoms with Gasteiger partial charge in [-0.15, -0.1) is 0 Å². The molecular weight excluding hydrogens is 266 g/mol. The lowest BCUT2D eigenvalue weighted by Gasteiger charge is -2.26. The topological polar surface area (TPSA) is 49.8 Å². The van der Waals surface area contributed by atoms with Gasteiger partial charge in [-0.05, 0) is 55.5 Å². The van der Waals surface area contributed by atoms with Crippen LogP contribution in [0.1, 0.15) is 43.5 Å². The van der Waals surface area contributed by atoms with Crippen LogP contribution in [0.3, 0.4) is 0 Å². The molecule has 1 aliphatic rings. The molecule has 4 nitrogen and oxygen atoms in total. The van der Waals surface area contributed by atoms with Crippen molar-refractivity contribution in [2.45, 2.75) is 33.1 Å². The van der Waals surface area contributed by atoms with Gasteiger partial charge in [0.1, 0.15) is 12.4 Å². The van der Waals surface area contributed by atoms with Crippen LogP contribution in [-0.4, -0.2) is 42.2 Å². The number of hydrogen-bond donors (Lipinski definition) is 1. The lowest BCUT2D eigenvalue weighted by molar-refractivity contribution is 0.0697. The van der Waals surface area contributed by atoms with Crippen molar-refractivity contribution < 1.29 is 14.6 Å². The lowest BCUT2D eigenvalue weighted by Crippen LogP contribution is -2.29. The Morgan fingerprint density at radius 3 is 2.48 bits per heavy atom. The molecule has 21 heavy (non-hydrogen) atoms. The molecule has 1 N–H and O–H groups in total. The summed E-state index contributed by atoms with van der Waals surface area (Å²) in [5, 5.41) is 8.84. The van der Waals surface area contributed by atoms with Crippen molar-refractivity contribution in [1.29, 1.82) is 0 Å². The van der Waals surface area contributed by atoms with Gasteiger partial charge in [0.2, 0.25) is 0 Å². The number of nitrogens with zero attached hydrogens (tertiary/aromatic N) is 1. The van der Waals surface area contributed by atoms with Gasteiger partial charge in [-0.2, -0.15) is 0 Å². The molecule has 0 aromatic heterocycles. The third-order valence-electron chi connectivity index (χ3n) is 4.79. The molecule has 1 aromatic rings. The van der Waals surface area contributed by atoms with Crippen LogP contribution in [0.5, 0.6) is 5.75 Å². The van der Waals surface area contributed by atoms with Gasteiger partial charge in [-0.1, -0.05) is 13.8 Å². The van der Waals surface area contributed by atoms with Gasteiger partial charge in [0.05, 0.1) is 5.56 Å². The molecular formula is C17H25NO3. The molecule has 4 heteroatoms. The number of ether oxygens (including phenoxy) is 1. The highest BCUT2D eigenvalue weighted by Gasteiger charge is 2.34. The summed E-state index contributed by atoms with van der Waals surface area (Å²) < 4.78 is 5.70. The molecule has 1 aromatic carbocycles. The first kappa shape index (κ1) is 15.8. The minimum Gasteiger partial charge on any atom is -0.492 e. The second-order valence-corrected chi connectivity index (χ2v) is 5.91. The maximum atomic E-state index is 10.8. The Balaban J connectivity index is 1.76. The van der Waals surface area contributed by atoms with Crippen LogP contribution in [0.2, 0.25) is 0 Å². The van der Waals surface area contributed by atoms with Crippen LogP contribution in [0, 0.1) is 5.41 Å². The average molecular weight is 291 g/mol. The molecule has 0 aliphatic carbocycles. The fourth-order valence-electron chi connectivity index (χ4n) is 3.03. The molecule has 0 bridgehead atoms. The predicted octanol–water partition coefficient (Wildman–Crippen LogP) is 3.28. The molecule has 116 valence electrons. The summed E-state index contributed by atoms with van der Waals surface area (Å²) in [6.45, 7) is 8.48. The molecule has 2 rings (SSSR count). The Hall–Kier alpha value is -1.55. The van der Waals surface area contributed by atoms with E-state index in [0.717, 1.165) is 18.8 Å². The van der Waals surface area contributed by atoms with E-state index in [0.29, 0.717) is 12.0 Å². The van der Waals surface area contributed by atoms with Gasteiger partial charge in [0, 0.05) is 13.1 Å². The zero-order chi connectivity index (χ0) is 15.3. The van der Waals surface area contributed by atoms with Crippen molar-refractivity contribution in [1.82, 2.24) is 4.90 Å². The van der Waals surface area contributed by atoms with Crippen LogP contribution in [0.15, 0.2) is 24.3 Å². The van der Waals surface area contributed by atoms with Gasteiger partial charge >= 0.3 is 5.97 Å². The average Bonchev–Trinajstić information content (AvgIpc) is 2.92. The third-order valence-corrected chi connectivity index (χ3v) is 4.79. The van der Waals surface area contributed by atoms with Crippen LogP contribution in [0.25, 0.3) is 0 Å². The number of rotatable bonds is 7. The van der Waals surface area contributed by atoms with E-state index < -0.39 is 5.97 Å². The smallest absolute Gasteiger partial charge is 0.335 e. The Labute approximate surface area is 126 Å². The van der Waals surface area contributed by atoms with E-state index in [4.69, 9.17) is 9.84 Å². The molecule has 0 radical (unpaired) electrons. The maximum Gasteiger partial charge on any atom is 0.335 e. The summed E-state index contributed by atoms with van der Waals surface area (Å²) in [6, 6.07) is 6.59. The SMILES string of the molecule is CCC1(CC)CCN(CCOc2ccc(C(=O)O)cc2)C1. The van der Waals surface area contributed by atoms with Gasteiger partial charge in [0.25, 0.3) is 0 Å². The predicted molar refractivity (Wildman–Crippen MR) is 83.0 cm³/mol. The largest absolute Gasteiger partial charge is 0.492 e. The summed E-state index contributed by atoms with van der Waals surface area (Å²) >= 11 is 0. The minimum atomic E-state index is -0.908. The van der Waals surface area contributed by atoms with E-state index in [1.807, 2.05) is 0 Å². The first-order chi connectivity index (χ1) is 10.1. The molecule has 1 saturated heterocycles. The molecule has 0 atom stereocenters. The molecule has 0 saturated carbocycles. The number of carboxylic acid groups (broad SMARTS) is 1. The van der Waals surface area contributed by atoms with Crippen molar-refractivity contribution in [3.8, 4) is 5.75 Å². The zero-order valence-electron chi connectivity index (χ0n) is 13.0. The molecule has 1 aliphatic heterocycles. The highest BCUT2D eigenvalue weighted by Crippen LogP contribution is 2.36. The summed E-state index contributed by atoms with van der Waals surface area (Å²) in [6.07, 6.45) is 3.78. The van der Waals surface area contributed by atoms with Crippen LogP contribution in [0.4, 0.5) is 0 Å². The second-order valence-electron chi connectivity index (χ2n) is 5.91. The summed E-state index contributed by atoms with van der Waals surface area (Å²) in [7, 11) is 0. The number of hydrogen-bond acceptors (Lipinski definition) is 3. The van der Waals surface area contributed by atoms with E-state index in [-0.39, 0.29) is 5.56 Å². The highest BCUT2D eigenvalue weighted by atomic mass is 16.5. The lowest BCUT2D eigenvalue weighted by atomic mass is 9.82.